The topological polar surface area (TPSA) is 26.0 Å². The number of hydrogen-bond donors (Lipinski definition) is 1. The Morgan fingerprint density at radius 2 is 2.00 bits per heavy atom. The van der Waals surface area contributed by atoms with E-state index in [2.05, 4.69) is 19.1 Å². The molecule has 1 aromatic rings. The van der Waals surface area contributed by atoms with E-state index in [0.717, 1.165) is 16.7 Å². The van der Waals surface area contributed by atoms with Crippen LogP contribution in [-0.2, 0) is 5.75 Å². The van der Waals surface area contributed by atoms with Crippen molar-refractivity contribution in [3.05, 3.63) is 34.9 Å². The fourth-order valence-electron chi connectivity index (χ4n) is 2.33. The van der Waals surface area contributed by atoms with Gasteiger partial charge < -0.3 is 5.73 Å². The normalized spacial score (nSPS) is 29.2. The molecular formula is C14H20ClNS. The summed E-state index contributed by atoms with van der Waals surface area (Å²) in [6.45, 7) is 2.34. The van der Waals surface area contributed by atoms with Crippen molar-refractivity contribution in [3.63, 3.8) is 0 Å². The van der Waals surface area contributed by atoms with Crippen molar-refractivity contribution < 1.29 is 0 Å². The summed E-state index contributed by atoms with van der Waals surface area (Å²) >= 11 is 7.88. The highest BCUT2D eigenvalue weighted by Crippen LogP contribution is 2.33. The van der Waals surface area contributed by atoms with E-state index >= 15 is 0 Å². The van der Waals surface area contributed by atoms with Crippen LogP contribution >= 0.6 is 23.4 Å². The standard InChI is InChI=1S/C14H20ClNS/c1-10-2-7-13(16)14(8-10)17-9-11-3-5-12(15)6-4-11/h3-6,10,13-14H,2,7-9,16H2,1H3. The minimum atomic E-state index is 0.378. The molecule has 3 heteroatoms. The lowest BCUT2D eigenvalue weighted by atomic mass is 9.87. The molecule has 1 fully saturated rings. The predicted octanol–water partition coefficient (Wildman–Crippen LogP) is 4.09. The molecule has 0 amide bonds. The van der Waals surface area contributed by atoms with Crippen LogP contribution in [0.4, 0.5) is 0 Å². The second kappa shape index (κ2) is 6.12. The van der Waals surface area contributed by atoms with E-state index < -0.39 is 0 Å². The van der Waals surface area contributed by atoms with Gasteiger partial charge in [0.25, 0.3) is 0 Å². The average Bonchev–Trinajstić information content (AvgIpc) is 2.32. The number of rotatable bonds is 3. The van der Waals surface area contributed by atoms with Crippen LogP contribution in [0, 0.1) is 5.92 Å². The summed E-state index contributed by atoms with van der Waals surface area (Å²) in [4.78, 5) is 0. The van der Waals surface area contributed by atoms with Crippen LogP contribution in [-0.4, -0.2) is 11.3 Å². The largest absolute Gasteiger partial charge is 0.327 e. The zero-order valence-electron chi connectivity index (χ0n) is 10.2. The van der Waals surface area contributed by atoms with Gasteiger partial charge in [-0.05, 0) is 42.9 Å². The Balaban J connectivity index is 1.86. The fourth-order valence-corrected chi connectivity index (χ4v) is 3.90. The Kier molecular flexibility index (Phi) is 4.78. The summed E-state index contributed by atoms with van der Waals surface area (Å²) in [6, 6.07) is 8.51. The van der Waals surface area contributed by atoms with E-state index in [9.17, 15) is 0 Å². The monoisotopic (exact) mass is 269 g/mol. The molecule has 2 N–H and O–H groups in total. The highest BCUT2D eigenvalue weighted by molar-refractivity contribution is 7.99. The molecule has 3 unspecified atom stereocenters. The van der Waals surface area contributed by atoms with E-state index in [1.807, 2.05) is 23.9 Å². The second-order valence-electron chi connectivity index (χ2n) is 5.06. The first-order chi connectivity index (χ1) is 8.15. The number of halogens is 1. The Morgan fingerprint density at radius 3 is 2.71 bits per heavy atom. The highest BCUT2D eigenvalue weighted by atomic mass is 35.5. The SMILES string of the molecule is CC1CCC(N)C(SCc2ccc(Cl)cc2)C1. The number of benzene rings is 1. The van der Waals surface area contributed by atoms with Gasteiger partial charge in [-0.15, -0.1) is 0 Å². The number of hydrogen-bond acceptors (Lipinski definition) is 2. The van der Waals surface area contributed by atoms with Gasteiger partial charge in [0.05, 0.1) is 0 Å². The Bertz CT molecular complexity index is 352. The molecule has 0 saturated heterocycles. The lowest BCUT2D eigenvalue weighted by Crippen LogP contribution is -2.37. The predicted molar refractivity (Wildman–Crippen MR) is 77.5 cm³/mol. The molecule has 17 heavy (non-hydrogen) atoms. The smallest absolute Gasteiger partial charge is 0.0406 e. The van der Waals surface area contributed by atoms with E-state index in [4.69, 9.17) is 17.3 Å². The first-order valence-corrected chi connectivity index (χ1v) is 7.69. The zero-order valence-corrected chi connectivity index (χ0v) is 11.8. The van der Waals surface area contributed by atoms with Crippen molar-refractivity contribution in [1.82, 2.24) is 0 Å². The molecule has 2 rings (SSSR count). The summed E-state index contributed by atoms with van der Waals surface area (Å²) in [6.07, 6.45) is 3.73. The molecule has 0 spiro atoms. The first kappa shape index (κ1) is 13.3. The van der Waals surface area contributed by atoms with Gasteiger partial charge in [0.15, 0.2) is 0 Å². The molecule has 0 aliphatic heterocycles. The van der Waals surface area contributed by atoms with E-state index in [-0.39, 0.29) is 0 Å². The molecule has 3 atom stereocenters. The van der Waals surface area contributed by atoms with Crippen LogP contribution in [0.5, 0.6) is 0 Å². The maximum Gasteiger partial charge on any atom is 0.0406 e. The number of nitrogens with two attached hydrogens (primary N) is 1. The van der Waals surface area contributed by atoms with Crippen molar-refractivity contribution in [1.29, 1.82) is 0 Å². The van der Waals surface area contributed by atoms with Gasteiger partial charge >= 0.3 is 0 Å². The van der Waals surface area contributed by atoms with E-state index in [0.29, 0.717) is 11.3 Å². The molecule has 0 bridgehead atoms. The van der Waals surface area contributed by atoms with Crippen LogP contribution in [0.2, 0.25) is 5.02 Å². The quantitative estimate of drug-likeness (QED) is 0.894. The minimum Gasteiger partial charge on any atom is -0.327 e. The van der Waals surface area contributed by atoms with Crippen molar-refractivity contribution >= 4 is 23.4 Å². The maximum atomic E-state index is 6.19. The number of thioether (sulfide) groups is 1. The van der Waals surface area contributed by atoms with Gasteiger partial charge in [0.2, 0.25) is 0 Å². The Morgan fingerprint density at radius 1 is 1.29 bits per heavy atom. The third kappa shape index (κ3) is 3.90. The fraction of sp³-hybridized carbons (Fsp3) is 0.571. The van der Waals surface area contributed by atoms with Gasteiger partial charge in [-0.25, -0.2) is 0 Å². The Labute approximate surface area is 113 Å². The third-order valence-electron chi connectivity index (χ3n) is 3.48. The first-order valence-electron chi connectivity index (χ1n) is 6.27. The summed E-state index contributed by atoms with van der Waals surface area (Å²) in [5, 5.41) is 1.43. The highest BCUT2D eigenvalue weighted by Gasteiger charge is 2.25. The van der Waals surface area contributed by atoms with Crippen LogP contribution in [0.15, 0.2) is 24.3 Å². The van der Waals surface area contributed by atoms with Crippen molar-refractivity contribution in [2.45, 2.75) is 43.2 Å². The lowest BCUT2D eigenvalue weighted by Gasteiger charge is -2.32. The van der Waals surface area contributed by atoms with Gasteiger partial charge in [0, 0.05) is 22.1 Å². The van der Waals surface area contributed by atoms with Gasteiger partial charge in [-0.2, -0.15) is 11.8 Å². The van der Waals surface area contributed by atoms with Crippen LogP contribution < -0.4 is 5.73 Å². The second-order valence-corrected chi connectivity index (χ2v) is 6.72. The van der Waals surface area contributed by atoms with Crippen LogP contribution in [0.25, 0.3) is 0 Å². The minimum absolute atomic E-state index is 0.378. The van der Waals surface area contributed by atoms with Gasteiger partial charge in [-0.1, -0.05) is 30.7 Å². The maximum absolute atomic E-state index is 6.19. The lowest BCUT2D eigenvalue weighted by molar-refractivity contribution is 0.357. The van der Waals surface area contributed by atoms with Crippen molar-refractivity contribution in [3.8, 4) is 0 Å². The Hall–Kier alpha value is -0.180. The molecular weight excluding hydrogens is 250 g/mol. The summed E-state index contributed by atoms with van der Waals surface area (Å²) in [5.74, 6) is 1.87. The summed E-state index contributed by atoms with van der Waals surface area (Å²) < 4.78 is 0. The van der Waals surface area contributed by atoms with Crippen LogP contribution in [0.3, 0.4) is 0 Å². The molecule has 1 aromatic carbocycles. The average molecular weight is 270 g/mol. The molecule has 0 radical (unpaired) electrons. The third-order valence-corrected chi connectivity index (χ3v) is 5.20. The van der Waals surface area contributed by atoms with E-state index in [1.54, 1.807) is 0 Å². The molecule has 0 heterocycles. The molecule has 1 nitrogen and oxygen atoms in total. The molecule has 1 saturated carbocycles. The van der Waals surface area contributed by atoms with Gasteiger partial charge in [0.1, 0.15) is 0 Å². The van der Waals surface area contributed by atoms with E-state index in [1.165, 1.54) is 24.8 Å². The molecule has 1 aliphatic carbocycles. The van der Waals surface area contributed by atoms with Crippen LogP contribution in [0.1, 0.15) is 31.7 Å². The molecule has 1 aliphatic rings. The summed E-state index contributed by atoms with van der Waals surface area (Å²) in [5.41, 5.74) is 7.53. The van der Waals surface area contributed by atoms with Crippen molar-refractivity contribution in [2.24, 2.45) is 11.7 Å². The van der Waals surface area contributed by atoms with Gasteiger partial charge in [-0.3, -0.25) is 0 Å². The van der Waals surface area contributed by atoms with Crippen molar-refractivity contribution in [2.75, 3.05) is 0 Å². The molecule has 0 aromatic heterocycles. The summed E-state index contributed by atoms with van der Waals surface area (Å²) in [7, 11) is 0. The molecule has 94 valence electrons. The zero-order chi connectivity index (χ0) is 12.3.